The van der Waals surface area contributed by atoms with Crippen LogP contribution < -0.4 is 5.32 Å². The first kappa shape index (κ1) is 23.5. The molecular weight excluding hydrogens is 428 g/mol. The van der Waals surface area contributed by atoms with E-state index >= 15 is 0 Å². The van der Waals surface area contributed by atoms with Crippen LogP contribution in [0.2, 0.25) is 5.02 Å². The number of hydrogen-bond acceptors (Lipinski definition) is 5. The van der Waals surface area contributed by atoms with E-state index in [2.05, 4.69) is 22.0 Å². The van der Waals surface area contributed by atoms with E-state index in [0.29, 0.717) is 24.0 Å². The average Bonchev–Trinajstić information content (AvgIpc) is 3.25. The van der Waals surface area contributed by atoms with Crippen LogP contribution in [0.1, 0.15) is 43.7 Å². The Balaban J connectivity index is 1.35. The van der Waals surface area contributed by atoms with Crippen LogP contribution in [0, 0.1) is 12.8 Å². The highest BCUT2D eigenvalue weighted by molar-refractivity contribution is 6.31. The normalized spacial score (nSPS) is 23.4. The molecule has 7 nitrogen and oxygen atoms in total. The molecule has 1 aliphatic carbocycles. The molecule has 0 bridgehead atoms. The van der Waals surface area contributed by atoms with Gasteiger partial charge >= 0.3 is 0 Å². The van der Waals surface area contributed by atoms with Gasteiger partial charge in [0, 0.05) is 61.9 Å². The van der Waals surface area contributed by atoms with Crippen molar-refractivity contribution in [3.63, 3.8) is 0 Å². The Labute approximate surface area is 195 Å². The zero-order valence-corrected chi connectivity index (χ0v) is 19.9. The minimum Gasteiger partial charge on any atom is -0.390 e. The topological polar surface area (TPSA) is 76.1 Å². The van der Waals surface area contributed by atoms with Crippen molar-refractivity contribution in [1.82, 2.24) is 14.7 Å². The fourth-order valence-electron chi connectivity index (χ4n) is 5.25. The van der Waals surface area contributed by atoms with E-state index in [1.807, 2.05) is 17.9 Å². The van der Waals surface area contributed by atoms with Gasteiger partial charge in [-0.05, 0) is 49.9 Å². The number of amides is 2. The molecular formula is C24H35ClN4O3. The number of β-amino-alcohol motifs (C(OH)–C–C–N with tert-alkyl or cyclic N) is 1. The van der Waals surface area contributed by atoms with E-state index in [9.17, 15) is 14.7 Å². The number of aliphatic hydroxyl groups is 1. The maximum atomic E-state index is 12.9. The molecule has 1 saturated carbocycles. The summed E-state index contributed by atoms with van der Waals surface area (Å²) in [6.45, 7) is 8.69. The van der Waals surface area contributed by atoms with Crippen molar-refractivity contribution >= 4 is 29.1 Å². The maximum absolute atomic E-state index is 12.9. The zero-order chi connectivity index (χ0) is 22.8. The van der Waals surface area contributed by atoms with E-state index in [4.69, 9.17) is 11.6 Å². The van der Waals surface area contributed by atoms with Gasteiger partial charge in [-0.15, -0.1) is 0 Å². The molecule has 0 aromatic heterocycles. The molecule has 2 aliphatic heterocycles. The fourth-order valence-corrected chi connectivity index (χ4v) is 5.49. The van der Waals surface area contributed by atoms with E-state index in [0.717, 1.165) is 55.8 Å². The predicted octanol–water partition coefficient (Wildman–Crippen LogP) is 2.49. The van der Waals surface area contributed by atoms with Crippen LogP contribution in [0.15, 0.2) is 12.1 Å². The van der Waals surface area contributed by atoms with E-state index < -0.39 is 0 Å². The lowest BCUT2D eigenvalue weighted by Crippen LogP contribution is -2.54. The molecule has 3 aliphatic rings. The summed E-state index contributed by atoms with van der Waals surface area (Å²) >= 11 is 6.39. The molecule has 1 aromatic rings. The molecule has 176 valence electrons. The number of likely N-dealkylation sites (tertiary alicyclic amines) is 1. The van der Waals surface area contributed by atoms with E-state index in [-0.39, 0.29) is 30.5 Å². The van der Waals surface area contributed by atoms with Crippen molar-refractivity contribution in [3.05, 3.63) is 28.3 Å². The van der Waals surface area contributed by atoms with E-state index in [1.54, 1.807) is 6.07 Å². The van der Waals surface area contributed by atoms with Gasteiger partial charge in [0.2, 0.25) is 11.8 Å². The summed E-state index contributed by atoms with van der Waals surface area (Å²) in [7, 11) is 0. The number of benzene rings is 1. The van der Waals surface area contributed by atoms with Crippen molar-refractivity contribution in [3.8, 4) is 0 Å². The Morgan fingerprint density at radius 1 is 1.12 bits per heavy atom. The highest BCUT2D eigenvalue weighted by Crippen LogP contribution is 2.29. The summed E-state index contributed by atoms with van der Waals surface area (Å²) < 4.78 is 0. The lowest BCUT2D eigenvalue weighted by atomic mass is 10.0. The Kier molecular flexibility index (Phi) is 7.40. The van der Waals surface area contributed by atoms with Gasteiger partial charge < -0.3 is 15.3 Å². The van der Waals surface area contributed by atoms with Crippen molar-refractivity contribution in [1.29, 1.82) is 0 Å². The monoisotopic (exact) mass is 462 g/mol. The Hall–Kier alpha value is -1.67. The van der Waals surface area contributed by atoms with Crippen molar-refractivity contribution < 1.29 is 14.7 Å². The van der Waals surface area contributed by atoms with Gasteiger partial charge in [0.1, 0.15) is 0 Å². The first-order valence-corrected chi connectivity index (χ1v) is 12.2. The number of carbonyl (C=O) groups is 2. The standard InChI is InChI=1S/C24H35ClN4O3/c1-16-11-27(7-8-29(16)24(32)18-5-3-4-6-18)12-19-9-20(25)10-22(17(19)2)26-23(31)15-28-13-21(30)14-28/h9-10,16,18,21,30H,3-8,11-15H2,1-2H3,(H,26,31)/t16-/m0/s1. The first-order valence-electron chi connectivity index (χ1n) is 11.8. The van der Waals surface area contributed by atoms with Gasteiger partial charge in [-0.25, -0.2) is 0 Å². The highest BCUT2D eigenvalue weighted by atomic mass is 35.5. The summed E-state index contributed by atoms with van der Waals surface area (Å²) in [6.07, 6.45) is 4.12. The summed E-state index contributed by atoms with van der Waals surface area (Å²) in [5.41, 5.74) is 2.85. The number of carbonyl (C=O) groups excluding carboxylic acids is 2. The molecule has 2 N–H and O–H groups in total. The van der Waals surface area contributed by atoms with Crippen LogP contribution >= 0.6 is 11.6 Å². The minimum absolute atomic E-state index is 0.0964. The zero-order valence-electron chi connectivity index (χ0n) is 19.1. The first-order chi connectivity index (χ1) is 15.3. The lowest BCUT2D eigenvalue weighted by molar-refractivity contribution is -0.140. The van der Waals surface area contributed by atoms with Crippen LogP contribution in [0.25, 0.3) is 0 Å². The molecule has 0 radical (unpaired) electrons. The molecule has 3 fully saturated rings. The van der Waals surface area contributed by atoms with Gasteiger partial charge in [-0.2, -0.15) is 0 Å². The quantitative estimate of drug-likeness (QED) is 0.679. The van der Waals surface area contributed by atoms with Crippen LogP contribution in [0.5, 0.6) is 0 Å². The van der Waals surface area contributed by atoms with Crippen molar-refractivity contribution in [2.45, 2.75) is 58.2 Å². The molecule has 2 heterocycles. The molecule has 4 rings (SSSR count). The third-order valence-corrected chi connectivity index (χ3v) is 7.37. The predicted molar refractivity (Wildman–Crippen MR) is 126 cm³/mol. The number of nitrogens with one attached hydrogen (secondary N) is 1. The van der Waals surface area contributed by atoms with Crippen LogP contribution in [0.3, 0.4) is 0 Å². The van der Waals surface area contributed by atoms with Crippen LogP contribution in [0.4, 0.5) is 5.69 Å². The lowest BCUT2D eigenvalue weighted by Gasteiger charge is -2.41. The number of anilines is 1. The number of nitrogens with zero attached hydrogens (tertiary/aromatic N) is 3. The highest BCUT2D eigenvalue weighted by Gasteiger charge is 2.33. The Bertz CT molecular complexity index is 852. The molecule has 1 aromatic carbocycles. The van der Waals surface area contributed by atoms with Gasteiger partial charge in [-0.3, -0.25) is 19.4 Å². The fraction of sp³-hybridized carbons (Fsp3) is 0.667. The second kappa shape index (κ2) is 10.1. The number of piperazine rings is 1. The third kappa shape index (κ3) is 5.45. The summed E-state index contributed by atoms with van der Waals surface area (Å²) in [4.78, 5) is 31.6. The summed E-state index contributed by atoms with van der Waals surface area (Å²) in [6, 6.07) is 3.96. The summed E-state index contributed by atoms with van der Waals surface area (Å²) in [5.74, 6) is 0.471. The minimum atomic E-state index is -0.321. The molecule has 0 spiro atoms. The second-order valence-electron chi connectivity index (χ2n) is 9.73. The van der Waals surface area contributed by atoms with Gasteiger partial charge in [-0.1, -0.05) is 24.4 Å². The second-order valence-corrected chi connectivity index (χ2v) is 10.2. The molecule has 32 heavy (non-hydrogen) atoms. The van der Waals surface area contributed by atoms with Crippen molar-refractivity contribution in [2.75, 3.05) is 44.6 Å². The summed E-state index contributed by atoms with van der Waals surface area (Å²) in [5, 5.41) is 13.0. The number of halogens is 1. The molecule has 2 saturated heterocycles. The molecule has 8 heteroatoms. The SMILES string of the molecule is Cc1c(CN2CCN(C(=O)C3CCCC3)[C@@H](C)C2)cc(Cl)cc1NC(=O)CN1CC(O)C1. The largest absolute Gasteiger partial charge is 0.390 e. The number of hydrogen-bond donors (Lipinski definition) is 2. The van der Waals surface area contributed by atoms with Crippen molar-refractivity contribution in [2.24, 2.45) is 5.92 Å². The molecule has 0 unspecified atom stereocenters. The number of aliphatic hydroxyl groups excluding tert-OH is 1. The van der Waals surface area contributed by atoms with Gasteiger partial charge in [0.25, 0.3) is 0 Å². The smallest absolute Gasteiger partial charge is 0.238 e. The van der Waals surface area contributed by atoms with Gasteiger partial charge in [0.15, 0.2) is 0 Å². The molecule has 2 amide bonds. The molecule has 1 atom stereocenters. The Morgan fingerprint density at radius 3 is 2.50 bits per heavy atom. The maximum Gasteiger partial charge on any atom is 0.238 e. The number of rotatable bonds is 6. The average molecular weight is 463 g/mol. The van der Waals surface area contributed by atoms with Crippen LogP contribution in [-0.4, -0.2) is 83.0 Å². The van der Waals surface area contributed by atoms with Crippen LogP contribution in [-0.2, 0) is 16.1 Å². The third-order valence-electron chi connectivity index (χ3n) is 7.15. The van der Waals surface area contributed by atoms with E-state index in [1.165, 1.54) is 12.8 Å². The van der Waals surface area contributed by atoms with Gasteiger partial charge in [0.05, 0.1) is 12.6 Å². The Morgan fingerprint density at radius 2 is 1.84 bits per heavy atom.